The summed E-state index contributed by atoms with van der Waals surface area (Å²) >= 11 is 5.68. The third kappa shape index (κ3) is 4.37. The van der Waals surface area contributed by atoms with Crippen molar-refractivity contribution in [1.82, 2.24) is 5.32 Å². The predicted octanol–water partition coefficient (Wildman–Crippen LogP) is 4.40. The maximum absolute atomic E-state index is 13.8. The number of hydrogen-bond acceptors (Lipinski definition) is 2. The summed E-state index contributed by atoms with van der Waals surface area (Å²) in [5.41, 5.74) is 0.923. The molecule has 0 atom stereocenters. The average molecular weight is 361 g/mol. The Bertz CT molecular complexity index is 787. The Balaban J connectivity index is 1.63. The molecule has 2 aromatic rings. The van der Waals surface area contributed by atoms with E-state index in [1.165, 1.54) is 12.1 Å². The van der Waals surface area contributed by atoms with Gasteiger partial charge in [0.05, 0.1) is 5.56 Å². The molecular weight excluding hydrogens is 343 g/mol. The summed E-state index contributed by atoms with van der Waals surface area (Å²) in [5, 5.41) is 5.84. The normalized spacial score (nSPS) is 14.3. The van der Waals surface area contributed by atoms with E-state index in [9.17, 15) is 14.0 Å². The third-order valence-electron chi connectivity index (χ3n) is 4.27. The molecule has 0 aliphatic heterocycles. The largest absolute Gasteiger partial charge is 0.349 e. The second kappa shape index (κ2) is 7.66. The molecule has 6 heteroatoms. The zero-order chi connectivity index (χ0) is 17.8. The Hall–Kier alpha value is -2.40. The first-order valence-corrected chi connectivity index (χ1v) is 8.58. The second-order valence-electron chi connectivity index (χ2n) is 6.11. The highest BCUT2D eigenvalue weighted by molar-refractivity contribution is 6.30. The van der Waals surface area contributed by atoms with E-state index in [1.807, 2.05) is 0 Å². The molecular formula is C19H18ClFN2O2. The van der Waals surface area contributed by atoms with Gasteiger partial charge in [0.25, 0.3) is 11.8 Å². The van der Waals surface area contributed by atoms with Crippen molar-refractivity contribution in [3.63, 3.8) is 0 Å². The summed E-state index contributed by atoms with van der Waals surface area (Å²) < 4.78 is 13.8. The van der Waals surface area contributed by atoms with Crippen molar-refractivity contribution in [3.05, 3.63) is 64.4 Å². The van der Waals surface area contributed by atoms with Crippen LogP contribution in [0.1, 0.15) is 46.4 Å². The highest BCUT2D eigenvalue weighted by Gasteiger charge is 2.18. The van der Waals surface area contributed by atoms with Crippen molar-refractivity contribution in [2.45, 2.75) is 31.7 Å². The number of benzene rings is 2. The first-order chi connectivity index (χ1) is 12.0. The van der Waals surface area contributed by atoms with Crippen molar-refractivity contribution >= 4 is 29.1 Å². The Morgan fingerprint density at radius 1 is 1.00 bits per heavy atom. The number of rotatable bonds is 4. The minimum Gasteiger partial charge on any atom is -0.349 e. The summed E-state index contributed by atoms with van der Waals surface area (Å²) in [6, 6.07) is 10.6. The number of carbonyl (C=O) groups excluding carboxylic acids is 2. The minimum absolute atomic E-state index is 0.0903. The molecule has 1 aliphatic rings. The van der Waals surface area contributed by atoms with Gasteiger partial charge in [-0.25, -0.2) is 4.39 Å². The smallest absolute Gasteiger partial charge is 0.258 e. The van der Waals surface area contributed by atoms with Crippen LogP contribution in [0.15, 0.2) is 42.5 Å². The highest BCUT2D eigenvalue weighted by atomic mass is 35.5. The topological polar surface area (TPSA) is 58.2 Å². The summed E-state index contributed by atoms with van der Waals surface area (Å²) in [6.07, 6.45) is 4.34. The summed E-state index contributed by atoms with van der Waals surface area (Å²) in [5.74, 6) is -1.37. The van der Waals surface area contributed by atoms with E-state index in [-0.39, 0.29) is 22.5 Å². The van der Waals surface area contributed by atoms with Crippen molar-refractivity contribution in [3.8, 4) is 0 Å². The van der Waals surface area contributed by atoms with Crippen LogP contribution < -0.4 is 10.6 Å². The molecule has 0 heterocycles. The Labute approximate surface area is 150 Å². The average Bonchev–Trinajstić information content (AvgIpc) is 3.08. The molecule has 0 radical (unpaired) electrons. The first kappa shape index (κ1) is 17.4. The van der Waals surface area contributed by atoms with E-state index in [2.05, 4.69) is 10.6 Å². The lowest BCUT2D eigenvalue weighted by Crippen LogP contribution is -2.32. The molecule has 1 fully saturated rings. The minimum atomic E-state index is -0.683. The zero-order valence-corrected chi connectivity index (χ0v) is 14.3. The van der Waals surface area contributed by atoms with Crippen LogP contribution in [0.5, 0.6) is 0 Å². The Morgan fingerprint density at radius 3 is 2.32 bits per heavy atom. The Kier molecular flexibility index (Phi) is 5.34. The molecule has 0 aromatic heterocycles. The number of halogens is 2. The fourth-order valence-corrected chi connectivity index (χ4v) is 3.07. The van der Waals surface area contributed by atoms with Gasteiger partial charge in [-0.15, -0.1) is 0 Å². The molecule has 1 aliphatic carbocycles. The van der Waals surface area contributed by atoms with Crippen LogP contribution in [0.25, 0.3) is 0 Å². The summed E-state index contributed by atoms with van der Waals surface area (Å²) in [7, 11) is 0. The monoisotopic (exact) mass is 360 g/mol. The highest BCUT2D eigenvalue weighted by Crippen LogP contribution is 2.19. The molecule has 4 nitrogen and oxygen atoms in total. The number of nitrogens with one attached hydrogen (secondary N) is 2. The lowest BCUT2D eigenvalue weighted by Gasteiger charge is -2.12. The van der Waals surface area contributed by atoms with Gasteiger partial charge in [0.1, 0.15) is 5.82 Å². The van der Waals surface area contributed by atoms with E-state index in [0.717, 1.165) is 31.7 Å². The maximum atomic E-state index is 13.8. The molecule has 2 amide bonds. The van der Waals surface area contributed by atoms with Gasteiger partial charge in [-0.2, -0.15) is 0 Å². The van der Waals surface area contributed by atoms with E-state index >= 15 is 0 Å². The van der Waals surface area contributed by atoms with E-state index < -0.39 is 11.7 Å². The molecule has 1 saturated carbocycles. The van der Waals surface area contributed by atoms with Gasteiger partial charge in [0.2, 0.25) is 0 Å². The van der Waals surface area contributed by atoms with Crippen LogP contribution in [0.3, 0.4) is 0 Å². The van der Waals surface area contributed by atoms with Gasteiger partial charge in [-0.1, -0.05) is 24.4 Å². The van der Waals surface area contributed by atoms with Crippen molar-refractivity contribution in [1.29, 1.82) is 0 Å². The second-order valence-corrected chi connectivity index (χ2v) is 6.55. The molecule has 0 bridgehead atoms. The van der Waals surface area contributed by atoms with Crippen LogP contribution in [-0.2, 0) is 0 Å². The predicted molar refractivity (Wildman–Crippen MR) is 95.5 cm³/mol. The molecule has 0 saturated heterocycles. The van der Waals surface area contributed by atoms with Crippen LogP contribution in [0.4, 0.5) is 10.1 Å². The van der Waals surface area contributed by atoms with Gasteiger partial charge >= 0.3 is 0 Å². The van der Waals surface area contributed by atoms with Crippen molar-refractivity contribution in [2.75, 3.05) is 5.32 Å². The number of anilines is 1. The Morgan fingerprint density at radius 2 is 1.68 bits per heavy atom. The SMILES string of the molecule is O=C(NC1CCCC1)c1ccc(NC(=O)c2ccc(Cl)cc2F)cc1. The van der Waals surface area contributed by atoms with Crippen LogP contribution >= 0.6 is 11.6 Å². The van der Waals surface area contributed by atoms with E-state index in [0.29, 0.717) is 11.3 Å². The standard InChI is InChI=1S/C19H18ClFN2O2/c20-13-7-10-16(17(21)11-13)19(25)23-15-8-5-12(6-9-15)18(24)22-14-3-1-2-4-14/h5-11,14H,1-4H2,(H,22,24)(H,23,25). The number of carbonyl (C=O) groups is 2. The van der Waals surface area contributed by atoms with Crippen LogP contribution in [0, 0.1) is 5.82 Å². The van der Waals surface area contributed by atoms with E-state index in [1.54, 1.807) is 24.3 Å². The zero-order valence-electron chi connectivity index (χ0n) is 13.5. The van der Waals surface area contributed by atoms with Gasteiger partial charge < -0.3 is 10.6 Å². The molecule has 2 aromatic carbocycles. The van der Waals surface area contributed by atoms with Crippen molar-refractivity contribution in [2.24, 2.45) is 0 Å². The van der Waals surface area contributed by atoms with Gasteiger partial charge in [-0.05, 0) is 55.3 Å². The fourth-order valence-electron chi connectivity index (χ4n) is 2.92. The van der Waals surface area contributed by atoms with Crippen LogP contribution in [-0.4, -0.2) is 17.9 Å². The molecule has 25 heavy (non-hydrogen) atoms. The van der Waals surface area contributed by atoms with Gasteiger partial charge in [0.15, 0.2) is 0 Å². The number of hydrogen-bond donors (Lipinski definition) is 2. The van der Waals surface area contributed by atoms with E-state index in [4.69, 9.17) is 11.6 Å². The summed E-state index contributed by atoms with van der Waals surface area (Å²) in [4.78, 5) is 24.3. The van der Waals surface area contributed by atoms with Crippen molar-refractivity contribution < 1.29 is 14.0 Å². The number of amides is 2. The molecule has 2 N–H and O–H groups in total. The lowest BCUT2D eigenvalue weighted by molar-refractivity contribution is 0.0937. The first-order valence-electron chi connectivity index (χ1n) is 8.20. The lowest BCUT2D eigenvalue weighted by atomic mass is 10.1. The molecule has 0 spiro atoms. The quantitative estimate of drug-likeness (QED) is 0.848. The molecule has 0 unspecified atom stereocenters. The van der Waals surface area contributed by atoms with Gasteiger partial charge in [-0.3, -0.25) is 9.59 Å². The summed E-state index contributed by atoms with van der Waals surface area (Å²) in [6.45, 7) is 0. The molecule has 130 valence electrons. The maximum Gasteiger partial charge on any atom is 0.258 e. The van der Waals surface area contributed by atoms with Gasteiger partial charge in [0, 0.05) is 22.3 Å². The molecule has 3 rings (SSSR count). The van der Waals surface area contributed by atoms with Crippen LogP contribution in [0.2, 0.25) is 5.02 Å². The third-order valence-corrected chi connectivity index (χ3v) is 4.51. The fraction of sp³-hybridized carbons (Fsp3) is 0.263.